The average Bonchev–Trinajstić information content (AvgIpc) is 2.85. The molecule has 2 nitrogen and oxygen atoms in total. The van der Waals surface area contributed by atoms with E-state index in [1.807, 2.05) is 24.3 Å². The van der Waals surface area contributed by atoms with Gasteiger partial charge in [0.2, 0.25) is 0 Å². The maximum Gasteiger partial charge on any atom is 0.124 e. The van der Waals surface area contributed by atoms with Crippen LogP contribution in [0.2, 0.25) is 0 Å². The second-order valence-electron chi connectivity index (χ2n) is 8.04. The topological polar surface area (TPSA) is 32.3 Å². The Hall–Kier alpha value is -4.30. The predicted molar refractivity (Wildman–Crippen MR) is 136 cm³/mol. The fourth-order valence-corrected chi connectivity index (χ4v) is 4.66. The molecule has 0 aliphatic carbocycles. The number of aromatic hydroxyl groups is 1. The van der Waals surface area contributed by atoms with Crippen LogP contribution >= 0.6 is 0 Å². The Labute approximate surface area is 186 Å². The average molecular weight is 412 g/mol. The largest absolute Gasteiger partial charge is 0.507 e. The molecule has 0 atom stereocenters. The van der Waals surface area contributed by atoms with Crippen molar-refractivity contribution in [1.82, 2.24) is 0 Å². The van der Waals surface area contributed by atoms with Crippen LogP contribution in [0.25, 0.3) is 43.4 Å². The number of hydrogen-bond acceptors (Lipinski definition) is 2. The van der Waals surface area contributed by atoms with Crippen molar-refractivity contribution >= 4 is 43.7 Å². The van der Waals surface area contributed by atoms with E-state index in [1.165, 1.54) is 0 Å². The summed E-state index contributed by atoms with van der Waals surface area (Å²) in [6.45, 7) is 0. The molecule has 6 aromatic rings. The van der Waals surface area contributed by atoms with Gasteiger partial charge in [-0.3, -0.25) is 0 Å². The molecule has 0 aliphatic rings. The van der Waals surface area contributed by atoms with Gasteiger partial charge < -0.3 is 10.4 Å². The maximum absolute atomic E-state index is 11.2. The lowest BCUT2D eigenvalue weighted by Crippen LogP contribution is -1.96. The van der Waals surface area contributed by atoms with Crippen molar-refractivity contribution in [3.63, 3.8) is 0 Å². The summed E-state index contributed by atoms with van der Waals surface area (Å²) in [5.41, 5.74) is 3.83. The fraction of sp³-hybridized carbons (Fsp3) is 0. The van der Waals surface area contributed by atoms with Crippen LogP contribution in [0, 0.1) is 0 Å². The van der Waals surface area contributed by atoms with Gasteiger partial charge in [0.15, 0.2) is 0 Å². The molecule has 32 heavy (non-hydrogen) atoms. The molecule has 0 aromatic heterocycles. The lowest BCUT2D eigenvalue weighted by molar-refractivity contribution is 0.478. The molecule has 0 radical (unpaired) electrons. The van der Waals surface area contributed by atoms with Gasteiger partial charge in [-0.15, -0.1) is 0 Å². The van der Waals surface area contributed by atoms with Gasteiger partial charge in [-0.05, 0) is 51.2 Å². The fourth-order valence-electron chi connectivity index (χ4n) is 4.66. The van der Waals surface area contributed by atoms with Gasteiger partial charge >= 0.3 is 0 Å². The molecule has 0 spiro atoms. The zero-order valence-corrected chi connectivity index (χ0v) is 17.4. The molecular weight excluding hydrogens is 390 g/mol. The lowest BCUT2D eigenvalue weighted by atomic mass is 9.89. The van der Waals surface area contributed by atoms with Crippen LogP contribution in [0.1, 0.15) is 0 Å². The Balaban J connectivity index is 1.76. The van der Waals surface area contributed by atoms with E-state index in [1.54, 1.807) is 6.07 Å². The first kappa shape index (κ1) is 18.5. The molecule has 2 N–H and O–H groups in total. The van der Waals surface area contributed by atoms with Crippen molar-refractivity contribution in [2.45, 2.75) is 0 Å². The summed E-state index contributed by atoms with van der Waals surface area (Å²) >= 11 is 0. The predicted octanol–water partition coefficient (Wildman–Crippen LogP) is 8.26. The van der Waals surface area contributed by atoms with Crippen LogP contribution < -0.4 is 5.32 Å². The second-order valence-corrected chi connectivity index (χ2v) is 8.04. The van der Waals surface area contributed by atoms with Crippen molar-refractivity contribution < 1.29 is 5.11 Å². The Morgan fingerprint density at radius 1 is 0.469 bits per heavy atom. The molecule has 2 heteroatoms. The summed E-state index contributed by atoms with van der Waals surface area (Å²) in [7, 11) is 0. The van der Waals surface area contributed by atoms with E-state index in [4.69, 9.17) is 0 Å². The minimum atomic E-state index is 0.279. The summed E-state index contributed by atoms with van der Waals surface area (Å²) in [5.74, 6) is 0.279. The highest BCUT2D eigenvalue weighted by Crippen LogP contribution is 2.46. The Morgan fingerprint density at radius 3 is 1.88 bits per heavy atom. The minimum Gasteiger partial charge on any atom is -0.507 e. The Bertz CT molecular complexity index is 1600. The number of rotatable bonds is 3. The molecule has 0 saturated heterocycles. The van der Waals surface area contributed by atoms with E-state index >= 15 is 0 Å². The molecular formula is C30H21NO. The molecule has 0 fully saturated rings. The quantitative estimate of drug-likeness (QED) is 0.287. The normalized spacial score (nSPS) is 11.2. The van der Waals surface area contributed by atoms with Crippen LogP contribution in [0.4, 0.5) is 11.4 Å². The minimum absolute atomic E-state index is 0.279. The van der Waals surface area contributed by atoms with E-state index < -0.39 is 0 Å². The third kappa shape index (κ3) is 2.97. The van der Waals surface area contributed by atoms with E-state index in [0.717, 1.165) is 54.8 Å². The molecule has 0 saturated carbocycles. The van der Waals surface area contributed by atoms with Crippen molar-refractivity contribution in [3.8, 4) is 16.9 Å². The molecule has 0 heterocycles. The van der Waals surface area contributed by atoms with Crippen molar-refractivity contribution in [3.05, 3.63) is 115 Å². The van der Waals surface area contributed by atoms with Gasteiger partial charge in [-0.2, -0.15) is 0 Å². The number of phenols is 1. The number of benzene rings is 6. The Morgan fingerprint density at radius 2 is 1.06 bits per heavy atom. The van der Waals surface area contributed by atoms with Gasteiger partial charge in [-0.1, -0.05) is 91.0 Å². The molecule has 0 aliphatic heterocycles. The van der Waals surface area contributed by atoms with Gasteiger partial charge in [-0.25, -0.2) is 0 Å². The van der Waals surface area contributed by atoms with Crippen LogP contribution in [-0.4, -0.2) is 5.11 Å². The highest BCUT2D eigenvalue weighted by atomic mass is 16.3. The first-order valence-electron chi connectivity index (χ1n) is 10.8. The second kappa shape index (κ2) is 7.44. The number of hydrogen-bond donors (Lipinski definition) is 2. The van der Waals surface area contributed by atoms with Gasteiger partial charge in [0.05, 0.1) is 0 Å². The first-order valence-corrected chi connectivity index (χ1v) is 10.8. The van der Waals surface area contributed by atoms with E-state index in [9.17, 15) is 5.11 Å². The summed E-state index contributed by atoms with van der Waals surface area (Å²) in [6.07, 6.45) is 0. The van der Waals surface area contributed by atoms with Crippen molar-refractivity contribution in [1.29, 1.82) is 0 Å². The number of para-hydroxylation sites is 1. The van der Waals surface area contributed by atoms with Crippen molar-refractivity contribution in [2.24, 2.45) is 0 Å². The first-order chi connectivity index (χ1) is 15.8. The molecule has 0 bridgehead atoms. The van der Waals surface area contributed by atoms with Gasteiger partial charge in [0.1, 0.15) is 5.75 Å². The van der Waals surface area contributed by atoms with Crippen LogP contribution in [0.3, 0.4) is 0 Å². The van der Waals surface area contributed by atoms with E-state index in [0.29, 0.717) is 0 Å². The third-order valence-corrected chi connectivity index (χ3v) is 6.12. The number of nitrogens with one attached hydrogen (secondary N) is 1. The highest BCUT2D eigenvalue weighted by Gasteiger charge is 2.18. The van der Waals surface area contributed by atoms with E-state index in [-0.39, 0.29) is 5.75 Å². The van der Waals surface area contributed by atoms with Crippen molar-refractivity contribution in [2.75, 3.05) is 5.32 Å². The summed E-state index contributed by atoms with van der Waals surface area (Å²) in [5, 5.41) is 21.5. The molecule has 6 rings (SSSR count). The van der Waals surface area contributed by atoms with Gasteiger partial charge in [0.25, 0.3) is 0 Å². The zero-order chi connectivity index (χ0) is 21.5. The van der Waals surface area contributed by atoms with Gasteiger partial charge in [0, 0.05) is 27.9 Å². The van der Waals surface area contributed by atoms with Crippen LogP contribution in [0.15, 0.2) is 115 Å². The highest BCUT2D eigenvalue weighted by molar-refractivity contribution is 6.20. The lowest BCUT2D eigenvalue weighted by Gasteiger charge is -2.19. The van der Waals surface area contributed by atoms with E-state index in [2.05, 4.69) is 90.2 Å². The standard InChI is InChI=1S/C30H21NO/c32-27-19-17-22-15-14-20-8-4-6-12-24(20)28(22)30(27)29-25-13-7-5-9-21(25)16-18-26(29)31-23-10-2-1-3-11-23/h1-19,31-32H. The summed E-state index contributed by atoms with van der Waals surface area (Å²) in [6, 6.07) is 39.2. The smallest absolute Gasteiger partial charge is 0.124 e. The summed E-state index contributed by atoms with van der Waals surface area (Å²) < 4.78 is 0. The number of anilines is 2. The SMILES string of the molecule is Oc1ccc2ccc3ccccc3c2c1-c1c(Nc2ccccc2)ccc2ccccc12. The number of phenolic OH excluding ortho intramolecular Hbond substituents is 1. The van der Waals surface area contributed by atoms with Crippen LogP contribution in [0.5, 0.6) is 5.75 Å². The summed E-state index contributed by atoms with van der Waals surface area (Å²) in [4.78, 5) is 0. The monoisotopic (exact) mass is 411 g/mol. The maximum atomic E-state index is 11.2. The number of fused-ring (bicyclic) bond motifs is 4. The molecule has 6 aromatic carbocycles. The third-order valence-electron chi connectivity index (χ3n) is 6.12. The zero-order valence-electron chi connectivity index (χ0n) is 17.4. The molecule has 0 unspecified atom stereocenters. The Kier molecular flexibility index (Phi) is 4.29. The molecule has 152 valence electrons. The van der Waals surface area contributed by atoms with Crippen LogP contribution in [-0.2, 0) is 0 Å². The molecule has 0 amide bonds.